The number of nitrogen functional groups attached to an aromatic ring is 1. The van der Waals surface area contributed by atoms with E-state index in [4.69, 9.17) is 17.3 Å². The number of aliphatic hydroxyl groups excluding tert-OH is 1. The molecule has 3 aromatic rings. The molecule has 1 aliphatic rings. The second kappa shape index (κ2) is 16.7. The van der Waals surface area contributed by atoms with E-state index in [-0.39, 0.29) is 53.0 Å². The Morgan fingerprint density at radius 1 is 1.08 bits per heavy atom. The first-order valence-corrected chi connectivity index (χ1v) is 19.4. The number of aliphatic hydroxyl groups is 1. The number of nitrogens with one attached hydrogen (secondary N) is 1. The smallest absolute Gasteiger partial charge is 0.321 e. The van der Waals surface area contributed by atoms with Crippen LogP contribution in [0.5, 0.6) is 0 Å². The van der Waals surface area contributed by atoms with Gasteiger partial charge in [0.25, 0.3) is 0 Å². The average molecular weight is 733 g/mol. The second-order valence-corrected chi connectivity index (χ2v) is 16.9. The van der Waals surface area contributed by atoms with Gasteiger partial charge in [-0.25, -0.2) is 18.2 Å². The van der Waals surface area contributed by atoms with Crippen molar-refractivity contribution in [2.24, 2.45) is 11.8 Å². The van der Waals surface area contributed by atoms with Gasteiger partial charge >= 0.3 is 6.03 Å². The number of anilines is 1. The van der Waals surface area contributed by atoms with Crippen LogP contribution in [-0.4, -0.2) is 88.9 Å². The molecule has 3 atom stereocenters. The number of nitrogens with two attached hydrogens (primary N) is 1. The van der Waals surface area contributed by atoms with E-state index in [1.807, 2.05) is 63.4 Å². The lowest BCUT2D eigenvalue weighted by atomic mass is 9.97. The molecule has 0 saturated carbocycles. The first-order chi connectivity index (χ1) is 23.1. The van der Waals surface area contributed by atoms with Crippen LogP contribution in [0.1, 0.15) is 63.7 Å². The molecule has 2 heterocycles. The number of nitrogens with zero attached hydrogens (tertiary/aromatic N) is 4. The third-order valence-corrected chi connectivity index (χ3v) is 11.8. The molecule has 268 valence electrons. The van der Waals surface area contributed by atoms with Crippen molar-refractivity contribution >= 4 is 50.6 Å². The molecule has 0 radical (unpaired) electrons. The van der Waals surface area contributed by atoms with Crippen molar-refractivity contribution in [1.29, 1.82) is 0 Å². The van der Waals surface area contributed by atoms with Crippen molar-refractivity contribution in [2.45, 2.75) is 83.5 Å². The quantitative estimate of drug-likeness (QED) is 0.172. The van der Waals surface area contributed by atoms with Gasteiger partial charge in [-0.3, -0.25) is 4.79 Å². The third kappa shape index (κ3) is 9.72. The molecular formula is C35H49ClN6O5S2. The predicted molar refractivity (Wildman–Crippen MR) is 195 cm³/mol. The molecule has 1 fully saturated rings. The van der Waals surface area contributed by atoms with Gasteiger partial charge in [0.1, 0.15) is 6.04 Å². The third-order valence-electron chi connectivity index (χ3n) is 8.43. The van der Waals surface area contributed by atoms with Gasteiger partial charge < -0.3 is 26.0 Å². The van der Waals surface area contributed by atoms with Gasteiger partial charge in [-0.05, 0) is 42.0 Å². The maximum Gasteiger partial charge on any atom is 0.321 e. The zero-order valence-corrected chi connectivity index (χ0v) is 31.4. The molecule has 1 aliphatic heterocycles. The Morgan fingerprint density at radius 3 is 2.37 bits per heavy atom. The Labute approximate surface area is 299 Å². The standard InChI is InChI=1S/C35H49ClN6O5S2/c1-22(2)18-41(49(46,47)27-12-13-28(36)29(37)17-27)20-31(43)30(16-25-10-8-7-9-11-25)39-33(44)32(23(3)4)42-15-14-40(35(42)45)19-26-21-48-34(38-26)24(5)6/h7-13,17,21-24,30-32,43H,14-16,18-20,37H2,1-6H3,(H,39,44)/t30-,31+,32-/m0/s1. The van der Waals surface area contributed by atoms with Crippen molar-refractivity contribution in [3.05, 3.63) is 75.2 Å². The van der Waals surface area contributed by atoms with Crippen molar-refractivity contribution in [3.63, 3.8) is 0 Å². The van der Waals surface area contributed by atoms with Crippen LogP contribution in [0.4, 0.5) is 10.5 Å². The summed E-state index contributed by atoms with van der Waals surface area (Å²) >= 11 is 7.64. The summed E-state index contributed by atoms with van der Waals surface area (Å²) < 4.78 is 28.9. The number of aromatic nitrogens is 1. The Morgan fingerprint density at radius 2 is 1.78 bits per heavy atom. The Hall–Kier alpha value is -3.23. The number of hydrogen-bond donors (Lipinski definition) is 3. The highest BCUT2D eigenvalue weighted by Crippen LogP contribution is 2.27. The average Bonchev–Trinajstić information content (AvgIpc) is 3.65. The van der Waals surface area contributed by atoms with Crippen molar-refractivity contribution in [1.82, 2.24) is 24.4 Å². The lowest BCUT2D eigenvalue weighted by Crippen LogP contribution is -2.57. The lowest BCUT2D eigenvalue weighted by Gasteiger charge is -2.34. The first-order valence-electron chi connectivity index (χ1n) is 16.7. The summed E-state index contributed by atoms with van der Waals surface area (Å²) in [5, 5.41) is 18.0. The normalized spacial score (nSPS) is 15.9. The SMILES string of the molecule is CC(C)CN(C[C@@H](O)[C@H](Cc1ccccc1)NC(=O)[C@H](C(C)C)N1CCN(Cc2csc(C(C)C)n2)C1=O)S(=O)(=O)c1ccc(Cl)c(N)c1. The van der Waals surface area contributed by atoms with Crippen LogP contribution < -0.4 is 11.1 Å². The van der Waals surface area contributed by atoms with Gasteiger partial charge in [-0.2, -0.15) is 4.31 Å². The Balaban J connectivity index is 1.57. The molecule has 14 heteroatoms. The summed E-state index contributed by atoms with van der Waals surface area (Å²) in [7, 11) is -4.09. The highest BCUT2D eigenvalue weighted by molar-refractivity contribution is 7.89. The van der Waals surface area contributed by atoms with Gasteiger partial charge in [0.05, 0.1) is 45.0 Å². The molecule has 0 unspecified atom stereocenters. The molecule has 0 bridgehead atoms. The monoisotopic (exact) mass is 732 g/mol. The number of carbonyl (C=O) groups excluding carboxylic acids is 2. The van der Waals surface area contributed by atoms with Gasteiger partial charge in [0.15, 0.2) is 0 Å². The van der Waals surface area contributed by atoms with E-state index in [2.05, 4.69) is 24.1 Å². The fraction of sp³-hybridized carbons (Fsp3) is 0.514. The molecule has 49 heavy (non-hydrogen) atoms. The van der Waals surface area contributed by atoms with Crippen LogP contribution in [0.2, 0.25) is 5.02 Å². The molecule has 1 aromatic heterocycles. The molecule has 0 aliphatic carbocycles. The highest BCUT2D eigenvalue weighted by atomic mass is 35.5. The number of benzene rings is 2. The van der Waals surface area contributed by atoms with E-state index >= 15 is 0 Å². The Bertz CT molecular complexity index is 1680. The molecule has 1 saturated heterocycles. The minimum absolute atomic E-state index is 0.0408. The Kier molecular flexibility index (Phi) is 13.1. The molecule has 11 nitrogen and oxygen atoms in total. The van der Waals surface area contributed by atoms with E-state index in [0.29, 0.717) is 25.6 Å². The van der Waals surface area contributed by atoms with E-state index in [1.54, 1.807) is 21.1 Å². The number of halogens is 1. The minimum Gasteiger partial charge on any atom is -0.397 e. The maximum atomic E-state index is 14.1. The molecular weight excluding hydrogens is 684 g/mol. The highest BCUT2D eigenvalue weighted by Gasteiger charge is 2.40. The zero-order chi connectivity index (χ0) is 36.0. The summed E-state index contributed by atoms with van der Waals surface area (Å²) in [5.41, 5.74) is 7.74. The zero-order valence-electron chi connectivity index (χ0n) is 29.0. The molecule has 2 aromatic carbocycles. The van der Waals surface area contributed by atoms with Crippen LogP contribution in [0, 0.1) is 11.8 Å². The topological polar surface area (TPSA) is 149 Å². The number of hydrogen-bond acceptors (Lipinski definition) is 8. The van der Waals surface area contributed by atoms with Gasteiger partial charge in [-0.1, -0.05) is 83.5 Å². The summed E-state index contributed by atoms with van der Waals surface area (Å²) in [6.07, 6.45) is -1.05. The van der Waals surface area contributed by atoms with Crippen LogP contribution in [-0.2, 0) is 27.8 Å². The number of rotatable bonds is 16. The fourth-order valence-corrected chi connectivity index (χ4v) is 8.53. The van der Waals surface area contributed by atoms with Crippen molar-refractivity contribution in [3.8, 4) is 0 Å². The summed E-state index contributed by atoms with van der Waals surface area (Å²) in [4.78, 5) is 35.7. The summed E-state index contributed by atoms with van der Waals surface area (Å²) in [6, 6.07) is 11.6. The fourth-order valence-electron chi connectivity index (χ4n) is 5.93. The maximum absolute atomic E-state index is 14.1. The summed E-state index contributed by atoms with van der Waals surface area (Å²) in [6.45, 7) is 12.7. The van der Waals surface area contributed by atoms with E-state index in [0.717, 1.165) is 16.3 Å². The van der Waals surface area contributed by atoms with Gasteiger partial charge in [-0.15, -0.1) is 11.3 Å². The molecule has 3 amide bonds. The second-order valence-electron chi connectivity index (χ2n) is 13.7. The number of amides is 3. The van der Waals surface area contributed by atoms with Crippen LogP contribution in [0.15, 0.2) is 58.8 Å². The van der Waals surface area contributed by atoms with Crippen molar-refractivity contribution < 1.29 is 23.1 Å². The lowest BCUT2D eigenvalue weighted by molar-refractivity contribution is -0.128. The van der Waals surface area contributed by atoms with Gasteiger partial charge in [0, 0.05) is 37.5 Å². The number of urea groups is 1. The van der Waals surface area contributed by atoms with Crippen LogP contribution >= 0.6 is 22.9 Å². The number of carbonyl (C=O) groups is 2. The van der Waals surface area contributed by atoms with E-state index < -0.39 is 34.1 Å². The van der Waals surface area contributed by atoms with Crippen molar-refractivity contribution in [2.75, 3.05) is 31.9 Å². The number of sulfonamides is 1. The molecule has 4 rings (SSSR count). The van der Waals surface area contributed by atoms with E-state index in [9.17, 15) is 23.1 Å². The molecule has 4 N–H and O–H groups in total. The predicted octanol–water partition coefficient (Wildman–Crippen LogP) is 5.20. The van der Waals surface area contributed by atoms with Gasteiger partial charge in [0.2, 0.25) is 15.9 Å². The van der Waals surface area contributed by atoms with Crippen LogP contribution in [0.25, 0.3) is 0 Å². The van der Waals surface area contributed by atoms with E-state index in [1.165, 1.54) is 22.5 Å². The molecule has 0 spiro atoms. The largest absolute Gasteiger partial charge is 0.397 e. The first kappa shape index (κ1) is 38.6. The summed E-state index contributed by atoms with van der Waals surface area (Å²) in [5.74, 6) is -0.418. The minimum atomic E-state index is -4.09. The number of thiazole rings is 1. The van der Waals surface area contributed by atoms with Crippen LogP contribution in [0.3, 0.4) is 0 Å².